The lowest BCUT2D eigenvalue weighted by Crippen LogP contribution is -2.23. The number of alkyl halides is 1. The second-order valence-electron chi connectivity index (χ2n) is 3.02. The summed E-state index contributed by atoms with van der Waals surface area (Å²) in [5, 5.41) is 8.62. The summed E-state index contributed by atoms with van der Waals surface area (Å²) in [5.74, 6) is 0. The SMILES string of the molecule is CC(C)(C)C(Br)CO. The molecule has 0 amide bonds. The van der Waals surface area contributed by atoms with Crippen molar-refractivity contribution in [2.24, 2.45) is 5.41 Å². The van der Waals surface area contributed by atoms with Gasteiger partial charge in [-0.1, -0.05) is 36.7 Å². The third-order valence-electron chi connectivity index (χ3n) is 1.10. The van der Waals surface area contributed by atoms with Gasteiger partial charge < -0.3 is 5.11 Å². The van der Waals surface area contributed by atoms with Gasteiger partial charge in [0.2, 0.25) is 0 Å². The standard InChI is InChI=1S/C6H13BrO/c1-6(2,3)5(7)4-8/h5,8H,4H2,1-3H3. The Morgan fingerprint density at radius 3 is 1.88 bits per heavy atom. The summed E-state index contributed by atoms with van der Waals surface area (Å²) in [6.45, 7) is 6.47. The van der Waals surface area contributed by atoms with Crippen LogP contribution in [0.1, 0.15) is 20.8 Å². The molecule has 0 rings (SSSR count). The van der Waals surface area contributed by atoms with Crippen molar-refractivity contribution in [2.45, 2.75) is 25.6 Å². The normalized spacial score (nSPS) is 16.1. The number of hydrogen-bond donors (Lipinski definition) is 1. The maximum atomic E-state index is 8.62. The Morgan fingerprint density at radius 2 is 1.88 bits per heavy atom. The van der Waals surface area contributed by atoms with E-state index in [2.05, 4.69) is 36.7 Å². The topological polar surface area (TPSA) is 20.2 Å². The summed E-state index contributed by atoms with van der Waals surface area (Å²) in [5.41, 5.74) is 0.175. The van der Waals surface area contributed by atoms with Gasteiger partial charge in [-0.2, -0.15) is 0 Å². The maximum Gasteiger partial charge on any atom is 0.0561 e. The largest absolute Gasteiger partial charge is 0.395 e. The summed E-state index contributed by atoms with van der Waals surface area (Å²) >= 11 is 3.35. The fraction of sp³-hybridized carbons (Fsp3) is 1.00. The fourth-order valence-corrected chi connectivity index (χ4v) is 0.274. The highest BCUT2D eigenvalue weighted by molar-refractivity contribution is 9.09. The maximum absolute atomic E-state index is 8.62. The molecular formula is C6H13BrO. The van der Waals surface area contributed by atoms with E-state index in [1.165, 1.54) is 0 Å². The van der Waals surface area contributed by atoms with Crippen molar-refractivity contribution in [3.8, 4) is 0 Å². The van der Waals surface area contributed by atoms with Crippen molar-refractivity contribution < 1.29 is 5.11 Å². The summed E-state index contributed by atoms with van der Waals surface area (Å²) < 4.78 is 0. The van der Waals surface area contributed by atoms with Crippen LogP contribution in [0.15, 0.2) is 0 Å². The van der Waals surface area contributed by atoms with Gasteiger partial charge in [-0.15, -0.1) is 0 Å². The molecule has 0 saturated carbocycles. The second kappa shape index (κ2) is 2.83. The first-order valence-electron chi connectivity index (χ1n) is 2.73. The van der Waals surface area contributed by atoms with Crippen LogP contribution in [0.4, 0.5) is 0 Å². The van der Waals surface area contributed by atoms with E-state index in [1.807, 2.05) is 0 Å². The first-order chi connectivity index (χ1) is 3.48. The molecule has 8 heavy (non-hydrogen) atoms. The highest BCUT2D eigenvalue weighted by Gasteiger charge is 2.19. The Labute approximate surface area is 59.2 Å². The molecule has 0 aliphatic heterocycles. The third-order valence-corrected chi connectivity index (χ3v) is 2.76. The van der Waals surface area contributed by atoms with Crippen molar-refractivity contribution in [1.29, 1.82) is 0 Å². The van der Waals surface area contributed by atoms with Crippen molar-refractivity contribution in [2.75, 3.05) is 6.61 Å². The highest BCUT2D eigenvalue weighted by Crippen LogP contribution is 2.24. The zero-order valence-electron chi connectivity index (χ0n) is 5.61. The van der Waals surface area contributed by atoms with Gasteiger partial charge in [0, 0.05) is 4.83 Å². The number of aliphatic hydroxyl groups is 1. The fourth-order valence-electron chi connectivity index (χ4n) is 0.274. The molecule has 0 radical (unpaired) electrons. The van der Waals surface area contributed by atoms with E-state index in [0.717, 1.165) is 0 Å². The van der Waals surface area contributed by atoms with E-state index in [9.17, 15) is 0 Å². The van der Waals surface area contributed by atoms with Gasteiger partial charge in [0.1, 0.15) is 0 Å². The quantitative estimate of drug-likeness (QED) is 0.611. The van der Waals surface area contributed by atoms with Gasteiger partial charge in [0.15, 0.2) is 0 Å². The van der Waals surface area contributed by atoms with Crippen LogP contribution in [0.2, 0.25) is 0 Å². The van der Waals surface area contributed by atoms with E-state index < -0.39 is 0 Å². The van der Waals surface area contributed by atoms with Crippen LogP contribution in [0, 0.1) is 5.41 Å². The van der Waals surface area contributed by atoms with Crippen LogP contribution in [0.3, 0.4) is 0 Å². The molecule has 0 aliphatic rings. The molecule has 0 heterocycles. The Hall–Kier alpha value is 0.440. The van der Waals surface area contributed by atoms with Gasteiger partial charge in [0.05, 0.1) is 6.61 Å². The number of hydrogen-bond acceptors (Lipinski definition) is 1. The molecule has 0 aliphatic carbocycles. The highest BCUT2D eigenvalue weighted by atomic mass is 79.9. The lowest BCUT2D eigenvalue weighted by Gasteiger charge is -2.22. The number of halogens is 1. The summed E-state index contributed by atoms with van der Waals surface area (Å²) in [6, 6.07) is 0. The molecule has 1 unspecified atom stereocenters. The molecule has 1 nitrogen and oxygen atoms in total. The molecule has 0 aromatic carbocycles. The summed E-state index contributed by atoms with van der Waals surface area (Å²) in [4.78, 5) is 0.218. The van der Waals surface area contributed by atoms with Crippen LogP contribution < -0.4 is 0 Å². The van der Waals surface area contributed by atoms with E-state index in [-0.39, 0.29) is 16.8 Å². The zero-order chi connectivity index (χ0) is 6.78. The molecule has 50 valence electrons. The van der Waals surface area contributed by atoms with Crippen LogP contribution in [0.5, 0.6) is 0 Å². The van der Waals surface area contributed by atoms with Crippen molar-refractivity contribution in [3.05, 3.63) is 0 Å². The van der Waals surface area contributed by atoms with E-state index in [1.54, 1.807) is 0 Å². The predicted octanol–water partition coefficient (Wildman–Crippen LogP) is 1.79. The average Bonchev–Trinajstić information content (AvgIpc) is 1.62. The second-order valence-corrected chi connectivity index (χ2v) is 4.12. The van der Waals surface area contributed by atoms with Crippen LogP contribution in [-0.4, -0.2) is 16.5 Å². The Bertz CT molecular complexity index is 65.4. The molecule has 2 heteroatoms. The Kier molecular flexibility index (Phi) is 2.99. The molecular weight excluding hydrogens is 168 g/mol. The van der Waals surface area contributed by atoms with Gasteiger partial charge in [-0.05, 0) is 5.41 Å². The van der Waals surface area contributed by atoms with Crippen molar-refractivity contribution in [1.82, 2.24) is 0 Å². The van der Waals surface area contributed by atoms with Crippen molar-refractivity contribution in [3.63, 3.8) is 0 Å². The molecule has 0 saturated heterocycles. The van der Waals surface area contributed by atoms with Gasteiger partial charge in [-0.3, -0.25) is 0 Å². The average molecular weight is 181 g/mol. The first-order valence-corrected chi connectivity index (χ1v) is 3.65. The molecule has 0 aromatic heterocycles. The van der Waals surface area contributed by atoms with E-state index >= 15 is 0 Å². The van der Waals surface area contributed by atoms with Crippen LogP contribution in [0.25, 0.3) is 0 Å². The van der Waals surface area contributed by atoms with Crippen LogP contribution >= 0.6 is 15.9 Å². The Balaban J connectivity index is 3.62. The minimum absolute atomic E-state index is 0.175. The lowest BCUT2D eigenvalue weighted by molar-refractivity contribution is 0.238. The third kappa shape index (κ3) is 2.68. The van der Waals surface area contributed by atoms with Gasteiger partial charge in [-0.25, -0.2) is 0 Å². The zero-order valence-corrected chi connectivity index (χ0v) is 7.20. The minimum Gasteiger partial charge on any atom is -0.395 e. The smallest absolute Gasteiger partial charge is 0.0561 e. The number of rotatable bonds is 1. The van der Waals surface area contributed by atoms with Gasteiger partial charge in [0.25, 0.3) is 0 Å². The van der Waals surface area contributed by atoms with Gasteiger partial charge >= 0.3 is 0 Å². The summed E-state index contributed by atoms with van der Waals surface area (Å²) in [6.07, 6.45) is 0. The molecule has 0 bridgehead atoms. The monoisotopic (exact) mass is 180 g/mol. The molecule has 0 spiro atoms. The predicted molar refractivity (Wildman–Crippen MR) is 39.3 cm³/mol. The minimum atomic E-state index is 0.175. The van der Waals surface area contributed by atoms with Crippen molar-refractivity contribution >= 4 is 15.9 Å². The number of aliphatic hydroxyl groups excluding tert-OH is 1. The van der Waals surface area contributed by atoms with Crippen LogP contribution in [-0.2, 0) is 0 Å². The first kappa shape index (κ1) is 8.44. The van der Waals surface area contributed by atoms with E-state index in [0.29, 0.717) is 0 Å². The summed E-state index contributed by atoms with van der Waals surface area (Å²) in [7, 11) is 0. The molecule has 0 fully saturated rings. The van der Waals surface area contributed by atoms with E-state index in [4.69, 9.17) is 5.11 Å². The lowest BCUT2D eigenvalue weighted by atomic mass is 9.93. The Morgan fingerprint density at radius 1 is 1.50 bits per heavy atom. The molecule has 0 aromatic rings. The molecule has 1 atom stereocenters. The molecule has 1 N–H and O–H groups in total.